The summed E-state index contributed by atoms with van der Waals surface area (Å²) in [6.45, 7) is 8.35. The summed E-state index contributed by atoms with van der Waals surface area (Å²) in [6.07, 6.45) is 7.66. The third-order valence-corrected chi connectivity index (χ3v) is 6.84. The summed E-state index contributed by atoms with van der Waals surface area (Å²) in [4.78, 5) is 23.8. The molecule has 8 heteroatoms. The lowest BCUT2D eigenvalue weighted by Gasteiger charge is -2.36. The molecule has 0 unspecified atom stereocenters. The van der Waals surface area contributed by atoms with Gasteiger partial charge < -0.3 is 15.5 Å². The van der Waals surface area contributed by atoms with Crippen LogP contribution in [0.4, 0.5) is 0 Å². The first-order chi connectivity index (χ1) is 15.7. The van der Waals surface area contributed by atoms with Crippen LogP contribution in [0.5, 0.6) is 0 Å². The predicted octanol–water partition coefficient (Wildman–Crippen LogP) is 2.65. The monoisotopic (exact) mass is 568 g/mol. The summed E-state index contributed by atoms with van der Waals surface area (Å²) in [7, 11) is 1.86. The van der Waals surface area contributed by atoms with Crippen molar-refractivity contribution < 1.29 is 4.79 Å². The lowest BCUT2D eigenvalue weighted by atomic mass is 10.1. The molecule has 2 saturated heterocycles. The molecule has 0 atom stereocenters. The highest BCUT2D eigenvalue weighted by Gasteiger charge is 2.26. The smallest absolute Gasteiger partial charge is 0.234 e. The van der Waals surface area contributed by atoms with E-state index >= 15 is 0 Å². The number of hydrogen-bond acceptors (Lipinski definition) is 4. The number of nitrogens with zero attached hydrogens (tertiary/aromatic N) is 4. The number of aliphatic imine (C=N–C) groups is 1. The molecular weight excluding hydrogens is 527 g/mol. The van der Waals surface area contributed by atoms with E-state index in [1.807, 2.05) is 7.05 Å². The lowest BCUT2D eigenvalue weighted by Crippen LogP contribution is -2.54. The van der Waals surface area contributed by atoms with Crippen LogP contribution >= 0.6 is 24.0 Å². The molecule has 1 aromatic rings. The Kier molecular flexibility index (Phi) is 10.7. The Morgan fingerprint density at radius 1 is 0.939 bits per heavy atom. The third kappa shape index (κ3) is 8.40. The van der Waals surface area contributed by atoms with Gasteiger partial charge in [-0.2, -0.15) is 0 Å². The fraction of sp³-hybridized carbons (Fsp3) is 0.680. The van der Waals surface area contributed by atoms with E-state index in [0.29, 0.717) is 12.6 Å². The highest BCUT2D eigenvalue weighted by atomic mass is 127. The van der Waals surface area contributed by atoms with E-state index in [9.17, 15) is 4.79 Å². The van der Waals surface area contributed by atoms with Crippen LogP contribution < -0.4 is 10.6 Å². The first kappa shape index (κ1) is 26.2. The molecule has 33 heavy (non-hydrogen) atoms. The first-order valence-electron chi connectivity index (χ1n) is 12.5. The van der Waals surface area contributed by atoms with Crippen LogP contribution in [0.1, 0.15) is 49.7 Å². The fourth-order valence-electron chi connectivity index (χ4n) is 4.75. The summed E-state index contributed by atoms with van der Waals surface area (Å²) in [5.74, 6) is 1.13. The van der Waals surface area contributed by atoms with Gasteiger partial charge in [0, 0.05) is 52.4 Å². The Hall–Kier alpha value is -1.39. The summed E-state index contributed by atoms with van der Waals surface area (Å²) >= 11 is 0. The summed E-state index contributed by atoms with van der Waals surface area (Å²) < 4.78 is 0. The summed E-state index contributed by atoms with van der Waals surface area (Å²) in [6, 6.07) is 9.25. The molecule has 7 nitrogen and oxygen atoms in total. The van der Waals surface area contributed by atoms with Crippen LogP contribution in [0.15, 0.2) is 29.3 Å². The molecule has 3 fully saturated rings. The number of amides is 1. The van der Waals surface area contributed by atoms with Gasteiger partial charge in [-0.1, -0.05) is 37.1 Å². The minimum atomic E-state index is 0. The zero-order valence-corrected chi connectivity index (χ0v) is 22.4. The van der Waals surface area contributed by atoms with Gasteiger partial charge in [0.05, 0.1) is 6.54 Å². The topological polar surface area (TPSA) is 63.2 Å². The number of nitrogens with one attached hydrogen (secondary N) is 2. The molecule has 0 radical (unpaired) electrons. The Bertz CT molecular complexity index is 768. The Morgan fingerprint density at radius 2 is 1.61 bits per heavy atom. The van der Waals surface area contributed by atoms with Gasteiger partial charge in [-0.15, -0.1) is 24.0 Å². The second-order valence-corrected chi connectivity index (χ2v) is 9.46. The van der Waals surface area contributed by atoms with Crippen LogP contribution in [-0.4, -0.2) is 85.5 Å². The van der Waals surface area contributed by atoms with Crippen LogP contribution in [0.3, 0.4) is 0 Å². The number of hydrogen-bond donors (Lipinski definition) is 2. The van der Waals surface area contributed by atoms with Gasteiger partial charge in [0.25, 0.3) is 0 Å². The predicted molar refractivity (Wildman–Crippen MR) is 145 cm³/mol. The van der Waals surface area contributed by atoms with Crippen LogP contribution in [0.25, 0.3) is 0 Å². The normalized spacial score (nSPS) is 20.6. The van der Waals surface area contributed by atoms with Crippen molar-refractivity contribution in [3.63, 3.8) is 0 Å². The molecule has 4 rings (SSSR count). The van der Waals surface area contributed by atoms with E-state index < -0.39 is 0 Å². The molecule has 0 aromatic heterocycles. The number of piperazine rings is 1. The maximum absolute atomic E-state index is 12.1. The maximum atomic E-state index is 12.1. The largest absolute Gasteiger partial charge is 0.352 e. The van der Waals surface area contributed by atoms with Crippen molar-refractivity contribution in [2.45, 2.75) is 57.7 Å². The quantitative estimate of drug-likeness (QED) is 0.301. The minimum absolute atomic E-state index is 0. The molecule has 0 bridgehead atoms. The summed E-state index contributed by atoms with van der Waals surface area (Å²) in [5.41, 5.74) is 2.78. The van der Waals surface area contributed by atoms with Crippen molar-refractivity contribution in [3.05, 3.63) is 35.4 Å². The SMILES string of the molecule is CN=C(NCc1ccccc1CN1CCCCCC1)N1CCN(CC(=O)NC2CC2)CC1.I. The average Bonchev–Trinajstić information content (AvgIpc) is 3.64. The Balaban J connectivity index is 0.00000306. The molecule has 0 spiro atoms. The van der Waals surface area contributed by atoms with Gasteiger partial charge in [-0.05, 0) is 49.9 Å². The molecular formula is C25H41IN6O. The van der Waals surface area contributed by atoms with Crippen molar-refractivity contribution in [2.75, 3.05) is 52.9 Å². The number of rotatable bonds is 7. The van der Waals surface area contributed by atoms with Crippen molar-refractivity contribution in [3.8, 4) is 0 Å². The van der Waals surface area contributed by atoms with Crippen LogP contribution in [0, 0.1) is 0 Å². The third-order valence-electron chi connectivity index (χ3n) is 6.84. The molecule has 2 aliphatic heterocycles. The molecule has 1 saturated carbocycles. The highest BCUT2D eigenvalue weighted by molar-refractivity contribution is 14.0. The number of likely N-dealkylation sites (tertiary alicyclic amines) is 1. The lowest BCUT2D eigenvalue weighted by molar-refractivity contribution is -0.122. The number of carbonyl (C=O) groups excluding carboxylic acids is 1. The first-order valence-corrected chi connectivity index (χ1v) is 12.5. The number of carbonyl (C=O) groups is 1. The van der Waals surface area contributed by atoms with Gasteiger partial charge in [0.15, 0.2) is 5.96 Å². The maximum Gasteiger partial charge on any atom is 0.234 e. The van der Waals surface area contributed by atoms with E-state index in [-0.39, 0.29) is 29.9 Å². The van der Waals surface area contributed by atoms with Crippen LogP contribution in [0.2, 0.25) is 0 Å². The molecule has 2 heterocycles. The number of benzene rings is 1. The second kappa shape index (κ2) is 13.5. The van der Waals surface area contributed by atoms with Crippen LogP contribution in [-0.2, 0) is 17.9 Å². The van der Waals surface area contributed by atoms with Crippen molar-refractivity contribution in [1.29, 1.82) is 0 Å². The Labute approximate surface area is 216 Å². The average molecular weight is 569 g/mol. The van der Waals surface area contributed by atoms with Gasteiger partial charge >= 0.3 is 0 Å². The molecule has 2 N–H and O–H groups in total. The Morgan fingerprint density at radius 3 is 2.24 bits per heavy atom. The highest BCUT2D eigenvalue weighted by Crippen LogP contribution is 2.18. The fourth-order valence-corrected chi connectivity index (χ4v) is 4.75. The van der Waals surface area contributed by atoms with Crippen molar-refractivity contribution >= 4 is 35.8 Å². The minimum Gasteiger partial charge on any atom is -0.352 e. The molecule has 1 amide bonds. The van der Waals surface area contributed by atoms with Crippen molar-refractivity contribution in [1.82, 2.24) is 25.3 Å². The van der Waals surface area contributed by atoms with Crippen molar-refractivity contribution in [2.24, 2.45) is 4.99 Å². The van der Waals surface area contributed by atoms with E-state index in [2.05, 4.69) is 54.6 Å². The van der Waals surface area contributed by atoms with E-state index in [1.165, 1.54) is 49.9 Å². The number of halogens is 1. The molecule has 1 aliphatic carbocycles. The zero-order valence-electron chi connectivity index (χ0n) is 20.1. The van der Waals surface area contributed by atoms with E-state index in [0.717, 1.165) is 58.1 Å². The van der Waals surface area contributed by atoms with E-state index in [4.69, 9.17) is 0 Å². The zero-order chi connectivity index (χ0) is 22.2. The van der Waals surface area contributed by atoms with Gasteiger partial charge in [-0.25, -0.2) is 0 Å². The second-order valence-electron chi connectivity index (χ2n) is 9.46. The van der Waals surface area contributed by atoms with Gasteiger partial charge in [0.2, 0.25) is 5.91 Å². The molecule has 3 aliphatic rings. The molecule has 1 aromatic carbocycles. The number of guanidine groups is 1. The van der Waals surface area contributed by atoms with E-state index in [1.54, 1.807) is 0 Å². The standard InChI is InChI=1S/C25H40N6O.HI/c1-26-25(31-16-14-30(15-17-31)20-24(32)28-23-10-11-23)27-18-21-8-4-5-9-22(21)19-29-12-6-2-3-7-13-29;/h4-5,8-9,23H,2-3,6-7,10-20H2,1H3,(H,26,27)(H,28,32);1H. The van der Waals surface area contributed by atoms with Gasteiger partial charge in [-0.3, -0.25) is 19.6 Å². The van der Waals surface area contributed by atoms with Gasteiger partial charge in [0.1, 0.15) is 0 Å². The summed E-state index contributed by atoms with van der Waals surface area (Å²) in [5, 5.41) is 6.68. The molecule has 184 valence electrons.